The molecule has 0 aromatic rings. The van der Waals surface area contributed by atoms with Crippen LogP contribution in [0.1, 0.15) is 27.2 Å². The smallest absolute Gasteiger partial charge is 0.238 e. The molecule has 0 heterocycles. The highest BCUT2D eigenvalue weighted by molar-refractivity contribution is 5.78. The van der Waals surface area contributed by atoms with E-state index in [2.05, 4.69) is 43.2 Å². The van der Waals surface area contributed by atoms with Crippen LogP contribution in [0.25, 0.3) is 0 Å². The number of nitrogens with zero attached hydrogens (tertiary/aromatic N) is 2. The summed E-state index contributed by atoms with van der Waals surface area (Å²) in [6.07, 6.45) is 1.11. The summed E-state index contributed by atoms with van der Waals surface area (Å²) in [6, 6.07) is 0.214. The Bertz CT molecular complexity index is 221. The van der Waals surface area contributed by atoms with E-state index in [9.17, 15) is 4.79 Å². The van der Waals surface area contributed by atoms with Crippen LogP contribution in [-0.4, -0.2) is 55.5 Å². The van der Waals surface area contributed by atoms with Gasteiger partial charge >= 0.3 is 0 Å². The molecule has 0 radical (unpaired) electrons. The van der Waals surface area contributed by atoms with Gasteiger partial charge in [-0.05, 0) is 47.1 Å². The average Bonchev–Trinajstić information content (AvgIpc) is 2.31. The van der Waals surface area contributed by atoms with Crippen molar-refractivity contribution in [2.75, 3.05) is 33.7 Å². The van der Waals surface area contributed by atoms with Crippen LogP contribution in [0.4, 0.5) is 0 Å². The molecule has 17 heavy (non-hydrogen) atoms. The molecule has 0 aromatic carbocycles. The van der Waals surface area contributed by atoms with Crippen LogP contribution >= 0.6 is 0 Å². The van der Waals surface area contributed by atoms with Gasteiger partial charge in [0.2, 0.25) is 5.91 Å². The highest BCUT2D eigenvalue weighted by Crippen LogP contribution is 2.11. The van der Waals surface area contributed by atoms with Crippen molar-refractivity contribution in [3.63, 3.8) is 0 Å². The fourth-order valence-electron chi connectivity index (χ4n) is 1.91. The Hall–Kier alpha value is -0.650. The summed E-state index contributed by atoms with van der Waals surface area (Å²) in [4.78, 5) is 16.0. The zero-order valence-corrected chi connectivity index (χ0v) is 11.9. The Morgan fingerprint density at radius 3 is 2.29 bits per heavy atom. The van der Waals surface area contributed by atoms with E-state index in [0.717, 1.165) is 26.1 Å². The first-order chi connectivity index (χ1) is 7.93. The molecule has 0 fully saturated rings. The van der Waals surface area contributed by atoms with Crippen LogP contribution in [0.5, 0.6) is 0 Å². The van der Waals surface area contributed by atoms with Gasteiger partial charge in [-0.1, -0.05) is 13.8 Å². The van der Waals surface area contributed by atoms with E-state index in [-0.39, 0.29) is 17.9 Å². The summed E-state index contributed by atoms with van der Waals surface area (Å²) >= 11 is 0. The number of amides is 1. The van der Waals surface area contributed by atoms with Gasteiger partial charge in [-0.2, -0.15) is 0 Å². The van der Waals surface area contributed by atoms with Crippen LogP contribution in [0.3, 0.4) is 0 Å². The van der Waals surface area contributed by atoms with Crippen molar-refractivity contribution in [3.8, 4) is 0 Å². The van der Waals surface area contributed by atoms with Crippen molar-refractivity contribution in [2.24, 2.45) is 11.8 Å². The SMILES string of the molecule is CCN(CCCN(C)C)C(C)C(C)C(=O)NN. The van der Waals surface area contributed by atoms with Gasteiger partial charge in [0.05, 0.1) is 5.92 Å². The Balaban J connectivity index is 4.19. The minimum Gasteiger partial charge on any atom is -0.309 e. The maximum Gasteiger partial charge on any atom is 0.238 e. The third-order valence-corrected chi connectivity index (χ3v) is 3.31. The number of nitrogens with two attached hydrogens (primary N) is 1. The lowest BCUT2D eigenvalue weighted by Gasteiger charge is -2.31. The standard InChI is InChI=1S/C12H28N4O/c1-6-16(9-7-8-15(4)5)11(3)10(2)12(17)14-13/h10-11H,6-9,13H2,1-5H3,(H,14,17). The molecule has 2 atom stereocenters. The van der Waals surface area contributed by atoms with Crippen LogP contribution < -0.4 is 11.3 Å². The molecule has 5 nitrogen and oxygen atoms in total. The molecule has 102 valence electrons. The zero-order valence-electron chi connectivity index (χ0n) is 11.9. The van der Waals surface area contributed by atoms with Crippen molar-refractivity contribution < 1.29 is 4.79 Å². The first kappa shape index (κ1) is 16.4. The molecule has 0 saturated carbocycles. The Morgan fingerprint density at radius 1 is 1.29 bits per heavy atom. The first-order valence-corrected chi connectivity index (χ1v) is 6.33. The number of hydrazine groups is 1. The number of carbonyl (C=O) groups excluding carboxylic acids is 1. The average molecular weight is 244 g/mol. The quantitative estimate of drug-likeness (QED) is 0.366. The second kappa shape index (κ2) is 8.44. The summed E-state index contributed by atoms with van der Waals surface area (Å²) < 4.78 is 0. The van der Waals surface area contributed by atoms with Gasteiger partial charge in [-0.15, -0.1) is 0 Å². The third kappa shape index (κ3) is 6.00. The van der Waals surface area contributed by atoms with Gasteiger partial charge in [-0.3, -0.25) is 10.2 Å². The van der Waals surface area contributed by atoms with Crippen molar-refractivity contribution in [1.29, 1.82) is 0 Å². The Labute approximate surface area is 105 Å². The Morgan fingerprint density at radius 2 is 1.88 bits per heavy atom. The molecule has 0 bridgehead atoms. The summed E-state index contributed by atoms with van der Waals surface area (Å²) in [5, 5.41) is 0. The number of hydrogen-bond donors (Lipinski definition) is 2. The van der Waals surface area contributed by atoms with E-state index in [0.29, 0.717) is 0 Å². The molecule has 0 aromatic heterocycles. The van der Waals surface area contributed by atoms with E-state index in [1.54, 1.807) is 0 Å². The van der Waals surface area contributed by atoms with Crippen molar-refractivity contribution >= 4 is 5.91 Å². The largest absolute Gasteiger partial charge is 0.309 e. The lowest BCUT2D eigenvalue weighted by atomic mass is 10.0. The fourth-order valence-corrected chi connectivity index (χ4v) is 1.91. The summed E-state index contributed by atoms with van der Waals surface area (Å²) in [7, 11) is 4.15. The van der Waals surface area contributed by atoms with E-state index in [4.69, 9.17) is 5.84 Å². The van der Waals surface area contributed by atoms with Gasteiger partial charge in [0, 0.05) is 6.04 Å². The van der Waals surface area contributed by atoms with Gasteiger partial charge < -0.3 is 9.80 Å². The maximum atomic E-state index is 11.5. The highest BCUT2D eigenvalue weighted by atomic mass is 16.2. The van der Waals surface area contributed by atoms with E-state index in [1.807, 2.05) is 6.92 Å². The second-order valence-corrected chi connectivity index (χ2v) is 4.82. The minimum absolute atomic E-state index is 0.0840. The van der Waals surface area contributed by atoms with Crippen LogP contribution in [0.2, 0.25) is 0 Å². The molecule has 5 heteroatoms. The number of rotatable bonds is 8. The maximum absolute atomic E-state index is 11.5. The van der Waals surface area contributed by atoms with Crippen molar-refractivity contribution in [2.45, 2.75) is 33.2 Å². The third-order valence-electron chi connectivity index (χ3n) is 3.31. The molecule has 0 spiro atoms. The predicted molar refractivity (Wildman–Crippen MR) is 71.4 cm³/mol. The summed E-state index contributed by atoms with van der Waals surface area (Å²) in [5.41, 5.74) is 2.23. The van der Waals surface area contributed by atoms with E-state index < -0.39 is 0 Å². The van der Waals surface area contributed by atoms with Crippen LogP contribution in [0.15, 0.2) is 0 Å². The van der Waals surface area contributed by atoms with Crippen molar-refractivity contribution in [3.05, 3.63) is 0 Å². The highest BCUT2D eigenvalue weighted by Gasteiger charge is 2.23. The first-order valence-electron chi connectivity index (χ1n) is 6.33. The topological polar surface area (TPSA) is 61.6 Å². The second-order valence-electron chi connectivity index (χ2n) is 4.82. The van der Waals surface area contributed by atoms with Gasteiger partial charge in [-0.25, -0.2) is 5.84 Å². The number of nitrogens with one attached hydrogen (secondary N) is 1. The molecule has 0 saturated heterocycles. The van der Waals surface area contributed by atoms with Gasteiger partial charge in [0.1, 0.15) is 0 Å². The lowest BCUT2D eigenvalue weighted by molar-refractivity contribution is -0.126. The number of hydrogen-bond acceptors (Lipinski definition) is 4. The van der Waals surface area contributed by atoms with Crippen molar-refractivity contribution in [1.82, 2.24) is 15.2 Å². The van der Waals surface area contributed by atoms with E-state index in [1.165, 1.54) is 0 Å². The number of carbonyl (C=O) groups is 1. The lowest BCUT2D eigenvalue weighted by Crippen LogP contribution is -2.46. The van der Waals surface area contributed by atoms with Gasteiger partial charge in [0.15, 0.2) is 0 Å². The Kier molecular flexibility index (Phi) is 8.12. The molecule has 3 N–H and O–H groups in total. The molecule has 0 aliphatic carbocycles. The normalized spacial score (nSPS) is 15.1. The summed E-state index contributed by atoms with van der Waals surface area (Å²) in [5.74, 6) is 4.99. The molecular weight excluding hydrogens is 216 g/mol. The van der Waals surface area contributed by atoms with E-state index >= 15 is 0 Å². The molecule has 0 aliphatic heterocycles. The van der Waals surface area contributed by atoms with Gasteiger partial charge in [0.25, 0.3) is 0 Å². The predicted octanol–water partition coefficient (Wildman–Crippen LogP) is 0.275. The monoisotopic (exact) mass is 244 g/mol. The zero-order chi connectivity index (χ0) is 13.4. The molecule has 2 unspecified atom stereocenters. The summed E-state index contributed by atoms with van der Waals surface area (Å²) in [6.45, 7) is 9.16. The minimum atomic E-state index is -0.0939. The molecule has 0 aliphatic rings. The van der Waals surface area contributed by atoms with Crippen LogP contribution in [-0.2, 0) is 4.79 Å². The van der Waals surface area contributed by atoms with Crippen LogP contribution in [0, 0.1) is 5.92 Å². The fraction of sp³-hybridized carbons (Fsp3) is 0.917. The molecule has 0 rings (SSSR count). The molecule has 1 amide bonds. The molecular formula is C12H28N4O.